The molecule has 3 rings (SSSR count). The van der Waals surface area contributed by atoms with Gasteiger partial charge < -0.3 is 11.1 Å². The normalized spacial score (nSPS) is 17.9. The highest BCUT2D eigenvalue weighted by atomic mass is 16.1. The van der Waals surface area contributed by atoms with Gasteiger partial charge in [-0.3, -0.25) is 9.13 Å². The van der Waals surface area contributed by atoms with Crippen LogP contribution in [0.5, 0.6) is 0 Å². The van der Waals surface area contributed by atoms with Crippen molar-refractivity contribution in [3.05, 3.63) is 34.2 Å². The first-order chi connectivity index (χ1) is 11.2. The molecule has 1 saturated heterocycles. The highest BCUT2D eigenvalue weighted by Gasteiger charge is 2.21. The lowest BCUT2D eigenvalue weighted by Gasteiger charge is -2.23. The Morgan fingerprint density at radius 2 is 2.26 bits per heavy atom. The van der Waals surface area contributed by atoms with E-state index in [0.717, 1.165) is 55.4 Å². The van der Waals surface area contributed by atoms with Crippen LogP contribution in [-0.2, 0) is 7.05 Å². The van der Waals surface area contributed by atoms with Crippen molar-refractivity contribution in [1.82, 2.24) is 14.5 Å². The lowest BCUT2D eigenvalue weighted by atomic mass is 10.1. The number of hydrogen-bond acceptors (Lipinski definition) is 3. The fourth-order valence-corrected chi connectivity index (χ4v) is 3.20. The van der Waals surface area contributed by atoms with Gasteiger partial charge in [0.2, 0.25) is 0 Å². The van der Waals surface area contributed by atoms with Crippen LogP contribution in [0.25, 0.3) is 11.0 Å². The van der Waals surface area contributed by atoms with Gasteiger partial charge in [0, 0.05) is 25.6 Å². The predicted molar refractivity (Wildman–Crippen MR) is 93.5 cm³/mol. The molecule has 1 unspecified atom stereocenters. The van der Waals surface area contributed by atoms with Crippen molar-refractivity contribution >= 4 is 11.0 Å². The van der Waals surface area contributed by atoms with Gasteiger partial charge in [0.05, 0.1) is 17.1 Å². The highest BCUT2D eigenvalue weighted by Crippen LogP contribution is 2.22. The monoisotopic (exact) mass is 312 g/mol. The lowest BCUT2D eigenvalue weighted by Crippen LogP contribution is -2.36. The van der Waals surface area contributed by atoms with Gasteiger partial charge in [0.25, 0.3) is 0 Å². The Labute approximate surface area is 136 Å². The number of nitrogens with two attached hydrogens (primary N) is 1. The number of unbranched alkanes of at least 4 members (excludes halogenated alkanes) is 1. The minimum atomic E-state index is 0.0574. The summed E-state index contributed by atoms with van der Waals surface area (Å²) in [4.78, 5) is 12.6. The van der Waals surface area contributed by atoms with Gasteiger partial charge in [-0.2, -0.15) is 0 Å². The van der Waals surface area contributed by atoms with Crippen LogP contribution in [0.3, 0.4) is 0 Å². The van der Waals surface area contributed by atoms with Crippen LogP contribution in [0.1, 0.15) is 37.3 Å². The maximum absolute atomic E-state index is 12.6. The fraction of sp³-hybridized carbons (Fsp3) is 0.500. The number of imidazole rings is 1. The summed E-state index contributed by atoms with van der Waals surface area (Å²) in [5.74, 6) is 6.30. The Bertz CT molecular complexity index is 800. The molecule has 1 aliphatic heterocycles. The molecule has 0 aliphatic carbocycles. The Hall–Kier alpha value is -2.03. The van der Waals surface area contributed by atoms with Crippen molar-refractivity contribution in [2.45, 2.75) is 31.7 Å². The summed E-state index contributed by atoms with van der Waals surface area (Å²) in [5, 5.41) is 3.38. The van der Waals surface area contributed by atoms with E-state index in [4.69, 9.17) is 5.73 Å². The van der Waals surface area contributed by atoms with Crippen LogP contribution in [0.2, 0.25) is 0 Å². The quantitative estimate of drug-likeness (QED) is 0.664. The molecule has 5 heteroatoms. The fourth-order valence-electron chi connectivity index (χ4n) is 3.20. The number of nitrogens with zero attached hydrogens (tertiary/aromatic N) is 2. The molecule has 1 aromatic heterocycles. The predicted octanol–water partition coefficient (Wildman–Crippen LogP) is 1.35. The van der Waals surface area contributed by atoms with E-state index in [0.29, 0.717) is 6.54 Å². The zero-order valence-corrected chi connectivity index (χ0v) is 13.6. The van der Waals surface area contributed by atoms with Crippen LogP contribution < -0.4 is 16.7 Å². The summed E-state index contributed by atoms with van der Waals surface area (Å²) in [6.07, 6.45) is 3.88. The molecule has 1 fully saturated rings. The van der Waals surface area contributed by atoms with E-state index in [9.17, 15) is 4.79 Å². The van der Waals surface area contributed by atoms with E-state index in [-0.39, 0.29) is 11.7 Å². The van der Waals surface area contributed by atoms with E-state index in [2.05, 4.69) is 17.2 Å². The molecule has 1 aromatic carbocycles. The minimum absolute atomic E-state index is 0.0574. The van der Waals surface area contributed by atoms with Crippen LogP contribution in [0.4, 0.5) is 0 Å². The number of aromatic nitrogens is 2. The topological polar surface area (TPSA) is 65.0 Å². The maximum atomic E-state index is 12.6. The van der Waals surface area contributed by atoms with E-state index in [1.54, 1.807) is 4.57 Å². The largest absolute Gasteiger partial charge is 0.330 e. The van der Waals surface area contributed by atoms with Gasteiger partial charge in [0.15, 0.2) is 0 Å². The second kappa shape index (κ2) is 7.03. The summed E-state index contributed by atoms with van der Waals surface area (Å²) in [5.41, 5.74) is 8.43. The molecule has 1 atom stereocenters. The summed E-state index contributed by atoms with van der Waals surface area (Å²) in [6.45, 7) is 2.57. The second-order valence-electron chi connectivity index (χ2n) is 6.11. The first-order valence-electron chi connectivity index (χ1n) is 8.33. The summed E-state index contributed by atoms with van der Waals surface area (Å²) < 4.78 is 3.67. The number of nitrogens with one attached hydrogen (secondary N) is 1. The highest BCUT2D eigenvalue weighted by molar-refractivity contribution is 5.78. The van der Waals surface area contributed by atoms with Gasteiger partial charge in [0.1, 0.15) is 0 Å². The van der Waals surface area contributed by atoms with E-state index >= 15 is 0 Å². The third-order valence-corrected chi connectivity index (χ3v) is 4.46. The van der Waals surface area contributed by atoms with Gasteiger partial charge in [-0.05, 0) is 50.6 Å². The summed E-state index contributed by atoms with van der Waals surface area (Å²) in [6, 6.07) is 6.28. The average molecular weight is 312 g/mol. The molecule has 23 heavy (non-hydrogen) atoms. The second-order valence-corrected chi connectivity index (χ2v) is 6.11. The first-order valence-corrected chi connectivity index (χ1v) is 8.33. The smallest absolute Gasteiger partial charge is 0.329 e. The number of aryl methyl sites for hydroxylation is 1. The van der Waals surface area contributed by atoms with Crippen molar-refractivity contribution in [2.24, 2.45) is 12.8 Å². The van der Waals surface area contributed by atoms with Gasteiger partial charge in [-0.15, -0.1) is 0 Å². The zero-order valence-electron chi connectivity index (χ0n) is 13.6. The van der Waals surface area contributed by atoms with Gasteiger partial charge in [-0.1, -0.05) is 11.8 Å². The van der Waals surface area contributed by atoms with E-state index in [1.165, 1.54) is 0 Å². The van der Waals surface area contributed by atoms with Crippen molar-refractivity contribution in [3.63, 3.8) is 0 Å². The third kappa shape index (κ3) is 3.19. The molecule has 5 nitrogen and oxygen atoms in total. The lowest BCUT2D eigenvalue weighted by molar-refractivity contribution is 0.369. The van der Waals surface area contributed by atoms with Crippen molar-refractivity contribution in [3.8, 4) is 11.8 Å². The Morgan fingerprint density at radius 3 is 3.00 bits per heavy atom. The average Bonchev–Trinajstić information content (AvgIpc) is 2.84. The van der Waals surface area contributed by atoms with E-state index in [1.807, 2.05) is 29.8 Å². The minimum Gasteiger partial charge on any atom is -0.330 e. The number of hydrogen-bond donors (Lipinski definition) is 2. The Morgan fingerprint density at radius 1 is 1.39 bits per heavy atom. The molecular formula is C18H24N4O. The van der Waals surface area contributed by atoms with Crippen molar-refractivity contribution in [1.29, 1.82) is 0 Å². The molecule has 0 saturated carbocycles. The standard InChI is InChI=1S/C18H24N4O/c1-21-17-12-14(6-3-2-4-10-19)8-9-16(17)22(18(21)23)15-7-5-11-20-13-15/h8-9,12,15,20H,2,4-5,7,10-11,13,19H2,1H3. The molecule has 122 valence electrons. The third-order valence-electron chi connectivity index (χ3n) is 4.46. The van der Waals surface area contributed by atoms with E-state index < -0.39 is 0 Å². The molecule has 0 spiro atoms. The molecule has 1 aliphatic rings. The van der Waals surface area contributed by atoms with Gasteiger partial charge in [-0.25, -0.2) is 4.79 Å². The van der Waals surface area contributed by atoms with Crippen LogP contribution >= 0.6 is 0 Å². The maximum Gasteiger partial charge on any atom is 0.329 e. The number of rotatable bonds is 3. The van der Waals surface area contributed by atoms with Crippen LogP contribution in [-0.4, -0.2) is 28.8 Å². The number of benzene rings is 1. The first kappa shape index (κ1) is 15.9. The summed E-state index contributed by atoms with van der Waals surface area (Å²) in [7, 11) is 1.84. The SMILES string of the molecule is Cn1c(=O)n(C2CCCNC2)c2ccc(C#CCCCN)cc21. The molecule has 3 N–H and O–H groups in total. The summed E-state index contributed by atoms with van der Waals surface area (Å²) >= 11 is 0. The van der Waals surface area contributed by atoms with Crippen molar-refractivity contribution in [2.75, 3.05) is 19.6 Å². The Kier molecular flexibility index (Phi) is 4.85. The number of piperidine rings is 1. The van der Waals surface area contributed by atoms with Crippen LogP contribution in [0, 0.1) is 11.8 Å². The zero-order chi connectivity index (χ0) is 16.2. The molecule has 0 amide bonds. The van der Waals surface area contributed by atoms with Gasteiger partial charge >= 0.3 is 5.69 Å². The van der Waals surface area contributed by atoms with Crippen molar-refractivity contribution < 1.29 is 0 Å². The molecule has 0 radical (unpaired) electrons. The number of fused-ring (bicyclic) bond motifs is 1. The molecule has 2 heterocycles. The molecule has 0 bridgehead atoms. The Balaban J connectivity index is 1.98. The van der Waals surface area contributed by atoms with Crippen LogP contribution in [0.15, 0.2) is 23.0 Å². The molecule has 2 aromatic rings. The molecular weight excluding hydrogens is 288 g/mol.